The van der Waals surface area contributed by atoms with E-state index in [4.69, 9.17) is 11.5 Å². The Morgan fingerprint density at radius 3 is 2.77 bits per heavy atom. The van der Waals surface area contributed by atoms with Gasteiger partial charge in [0.15, 0.2) is 0 Å². The summed E-state index contributed by atoms with van der Waals surface area (Å²) in [6.45, 7) is 0. The fourth-order valence-corrected chi connectivity index (χ4v) is 3.01. The number of hydrogen-bond acceptors (Lipinski definition) is 3. The molecule has 0 aliphatic heterocycles. The molecule has 0 spiro atoms. The molecule has 0 bridgehead atoms. The second-order valence-electron chi connectivity index (χ2n) is 2.84. The van der Waals surface area contributed by atoms with E-state index in [0.29, 0.717) is 11.4 Å². The zero-order chi connectivity index (χ0) is 9.42. The van der Waals surface area contributed by atoms with Gasteiger partial charge in [0.2, 0.25) is 0 Å². The molecule has 0 saturated carbocycles. The number of benzene rings is 1. The molecule has 2 aromatic rings. The summed E-state index contributed by atoms with van der Waals surface area (Å²) in [6.07, 6.45) is 0. The SMILES string of the molecule is Nc1ccc2c(CBr)csc2c1N. The summed E-state index contributed by atoms with van der Waals surface area (Å²) < 4.78 is 1.09. The molecule has 2 nitrogen and oxygen atoms in total. The monoisotopic (exact) mass is 256 g/mol. The maximum Gasteiger partial charge on any atom is 0.0729 e. The van der Waals surface area contributed by atoms with Crippen LogP contribution in [0.1, 0.15) is 5.56 Å². The van der Waals surface area contributed by atoms with Crippen LogP contribution >= 0.6 is 27.3 Å². The topological polar surface area (TPSA) is 52.0 Å². The Morgan fingerprint density at radius 1 is 1.31 bits per heavy atom. The second-order valence-corrected chi connectivity index (χ2v) is 4.28. The number of hydrogen-bond donors (Lipinski definition) is 2. The molecule has 1 aromatic heterocycles. The van der Waals surface area contributed by atoms with Crippen LogP contribution in [0.2, 0.25) is 0 Å². The van der Waals surface area contributed by atoms with Crippen molar-refractivity contribution in [1.82, 2.24) is 0 Å². The molecule has 4 heteroatoms. The van der Waals surface area contributed by atoms with Gasteiger partial charge >= 0.3 is 0 Å². The van der Waals surface area contributed by atoms with E-state index in [9.17, 15) is 0 Å². The van der Waals surface area contributed by atoms with Gasteiger partial charge in [0.25, 0.3) is 0 Å². The van der Waals surface area contributed by atoms with Crippen LogP contribution < -0.4 is 11.5 Å². The highest BCUT2D eigenvalue weighted by Crippen LogP contribution is 2.34. The van der Waals surface area contributed by atoms with Crippen LogP contribution in [0, 0.1) is 0 Å². The minimum Gasteiger partial charge on any atom is -0.397 e. The first-order valence-electron chi connectivity index (χ1n) is 3.84. The van der Waals surface area contributed by atoms with Gasteiger partial charge in [0.05, 0.1) is 16.1 Å². The van der Waals surface area contributed by atoms with Crippen molar-refractivity contribution in [3.8, 4) is 0 Å². The zero-order valence-electron chi connectivity index (χ0n) is 6.88. The lowest BCUT2D eigenvalue weighted by Crippen LogP contribution is -1.93. The lowest BCUT2D eigenvalue weighted by Gasteiger charge is -2.00. The third-order valence-corrected chi connectivity index (χ3v) is 3.72. The number of fused-ring (bicyclic) bond motifs is 1. The predicted molar refractivity (Wildman–Crippen MR) is 63.3 cm³/mol. The molecule has 0 radical (unpaired) electrons. The maximum absolute atomic E-state index is 5.86. The molecule has 1 aromatic carbocycles. The summed E-state index contributed by atoms with van der Waals surface area (Å²) in [5.74, 6) is 0. The molecule has 13 heavy (non-hydrogen) atoms. The minimum absolute atomic E-state index is 0.662. The molecule has 68 valence electrons. The Bertz CT molecular complexity index is 450. The van der Waals surface area contributed by atoms with E-state index in [1.807, 2.05) is 12.1 Å². The van der Waals surface area contributed by atoms with Gasteiger partial charge in [-0.3, -0.25) is 0 Å². The molecule has 4 N–H and O–H groups in total. The fraction of sp³-hybridized carbons (Fsp3) is 0.111. The predicted octanol–water partition coefficient (Wildman–Crippen LogP) is 2.96. The third kappa shape index (κ3) is 1.30. The largest absolute Gasteiger partial charge is 0.397 e. The van der Waals surface area contributed by atoms with E-state index in [1.165, 1.54) is 10.9 Å². The second kappa shape index (κ2) is 3.20. The van der Waals surface area contributed by atoms with Crippen molar-refractivity contribution in [2.24, 2.45) is 0 Å². The van der Waals surface area contributed by atoms with Gasteiger partial charge < -0.3 is 11.5 Å². The van der Waals surface area contributed by atoms with Crippen molar-refractivity contribution in [3.05, 3.63) is 23.1 Å². The first-order chi connectivity index (χ1) is 6.24. The molecular weight excluding hydrogens is 248 g/mol. The van der Waals surface area contributed by atoms with E-state index in [-0.39, 0.29) is 0 Å². The smallest absolute Gasteiger partial charge is 0.0729 e. The molecule has 0 atom stereocenters. The average molecular weight is 257 g/mol. The van der Waals surface area contributed by atoms with Crippen molar-refractivity contribution in [2.75, 3.05) is 11.5 Å². The van der Waals surface area contributed by atoms with Crippen molar-refractivity contribution in [1.29, 1.82) is 0 Å². The van der Waals surface area contributed by atoms with Crippen LogP contribution in [0.15, 0.2) is 17.5 Å². The molecule has 0 unspecified atom stereocenters. The van der Waals surface area contributed by atoms with Crippen molar-refractivity contribution < 1.29 is 0 Å². The molecule has 0 fully saturated rings. The average Bonchev–Trinajstić information content (AvgIpc) is 2.55. The van der Waals surface area contributed by atoms with Gasteiger partial charge in [-0.2, -0.15) is 0 Å². The van der Waals surface area contributed by atoms with E-state index in [1.54, 1.807) is 11.3 Å². The Kier molecular flexibility index (Phi) is 2.17. The molecule has 2 rings (SSSR count). The van der Waals surface area contributed by atoms with Gasteiger partial charge in [0, 0.05) is 5.33 Å². The lowest BCUT2D eigenvalue weighted by molar-refractivity contribution is 1.55. The highest BCUT2D eigenvalue weighted by molar-refractivity contribution is 9.08. The molecule has 0 amide bonds. The van der Waals surface area contributed by atoms with E-state index >= 15 is 0 Å². The normalized spacial score (nSPS) is 10.8. The van der Waals surface area contributed by atoms with Crippen molar-refractivity contribution in [3.63, 3.8) is 0 Å². The highest BCUT2D eigenvalue weighted by atomic mass is 79.9. The number of rotatable bonds is 1. The summed E-state index contributed by atoms with van der Waals surface area (Å²) >= 11 is 5.08. The number of alkyl halides is 1. The minimum atomic E-state index is 0.662. The maximum atomic E-state index is 5.86. The van der Waals surface area contributed by atoms with Gasteiger partial charge in [-0.1, -0.05) is 22.0 Å². The molecule has 0 aliphatic rings. The first kappa shape index (κ1) is 8.84. The third-order valence-electron chi connectivity index (χ3n) is 2.04. The Labute approximate surface area is 88.7 Å². The van der Waals surface area contributed by atoms with Crippen LogP contribution in [-0.4, -0.2) is 0 Å². The summed E-state index contributed by atoms with van der Waals surface area (Å²) in [4.78, 5) is 0. The van der Waals surface area contributed by atoms with Crippen LogP contribution in [0.25, 0.3) is 10.1 Å². The Hall–Kier alpha value is -0.740. The molecule has 1 heterocycles. The van der Waals surface area contributed by atoms with Gasteiger partial charge in [-0.15, -0.1) is 11.3 Å². The van der Waals surface area contributed by atoms with Gasteiger partial charge in [-0.25, -0.2) is 0 Å². The van der Waals surface area contributed by atoms with E-state index in [0.717, 1.165) is 10.0 Å². The fourth-order valence-electron chi connectivity index (χ4n) is 1.29. The summed E-state index contributed by atoms with van der Waals surface area (Å²) in [6, 6.07) is 3.88. The lowest BCUT2D eigenvalue weighted by atomic mass is 10.1. The summed E-state index contributed by atoms with van der Waals surface area (Å²) in [5, 5.41) is 4.17. The number of anilines is 2. The Balaban J connectivity index is 2.81. The zero-order valence-corrected chi connectivity index (χ0v) is 9.28. The summed E-state index contributed by atoms with van der Waals surface area (Å²) in [5.41, 5.74) is 14.2. The van der Waals surface area contributed by atoms with Crippen LogP contribution in [0.3, 0.4) is 0 Å². The molecular formula is C9H9BrN2S. The van der Waals surface area contributed by atoms with Crippen molar-refractivity contribution >= 4 is 48.7 Å². The van der Waals surface area contributed by atoms with E-state index < -0.39 is 0 Å². The van der Waals surface area contributed by atoms with Crippen molar-refractivity contribution in [2.45, 2.75) is 5.33 Å². The number of nitrogen functional groups attached to an aromatic ring is 2. The Morgan fingerprint density at radius 2 is 2.08 bits per heavy atom. The summed E-state index contributed by atoms with van der Waals surface area (Å²) in [7, 11) is 0. The van der Waals surface area contributed by atoms with E-state index in [2.05, 4.69) is 21.3 Å². The van der Waals surface area contributed by atoms with Crippen LogP contribution in [0.5, 0.6) is 0 Å². The number of nitrogens with two attached hydrogens (primary N) is 2. The quantitative estimate of drug-likeness (QED) is 0.609. The van der Waals surface area contributed by atoms with Crippen LogP contribution in [-0.2, 0) is 5.33 Å². The van der Waals surface area contributed by atoms with Gasteiger partial charge in [-0.05, 0) is 22.4 Å². The van der Waals surface area contributed by atoms with Gasteiger partial charge in [0.1, 0.15) is 0 Å². The highest BCUT2D eigenvalue weighted by Gasteiger charge is 2.07. The van der Waals surface area contributed by atoms with Crippen LogP contribution in [0.4, 0.5) is 11.4 Å². The number of thiophene rings is 1. The number of halogens is 1. The standard InChI is InChI=1S/C9H9BrN2S/c10-3-5-4-13-9-6(5)1-2-7(11)8(9)12/h1-2,4H,3,11-12H2. The molecule has 0 saturated heterocycles. The molecule has 0 aliphatic carbocycles. The first-order valence-corrected chi connectivity index (χ1v) is 5.84.